The third kappa shape index (κ3) is 4.32. The molecule has 0 radical (unpaired) electrons. The molecule has 0 amide bonds. The standard InChI is InChI=1S/C12H17Br2NS/c1-4-5-15-10(6-8(2)3)9-7-11(13)16-12(9)14/h6-7,10,15H,4-5H2,1-3H3. The number of halogens is 2. The van der Waals surface area contributed by atoms with Crippen LogP contribution < -0.4 is 5.32 Å². The fraction of sp³-hybridized carbons (Fsp3) is 0.500. The van der Waals surface area contributed by atoms with Gasteiger partial charge in [-0.3, -0.25) is 0 Å². The maximum atomic E-state index is 3.62. The topological polar surface area (TPSA) is 12.0 Å². The Kier molecular flexibility index (Phi) is 6.26. The molecule has 0 aliphatic carbocycles. The first-order valence-corrected chi connectivity index (χ1v) is 7.78. The first-order valence-electron chi connectivity index (χ1n) is 5.37. The van der Waals surface area contributed by atoms with Crippen LogP contribution in [-0.4, -0.2) is 6.54 Å². The zero-order chi connectivity index (χ0) is 12.1. The van der Waals surface area contributed by atoms with E-state index >= 15 is 0 Å². The predicted molar refractivity (Wildman–Crippen MR) is 80.2 cm³/mol. The van der Waals surface area contributed by atoms with Crippen molar-refractivity contribution >= 4 is 43.2 Å². The second-order valence-corrected chi connectivity index (χ2v) is 7.70. The molecule has 1 atom stereocenters. The highest BCUT2D eigenvalue weighted by atomic mass is 79.9. The minimum atomic E-state index is 0.307. The van der Waals surface area contributed by atoms with E-state index < -0.39 is 0 Å². The summed E-state index contributed by atoms with van der Waals surface area (Å²) in [5.41, 5.74) is 2.65. The van der Waals surface area contributed by atoms with Crippen molar-refractivity contribution in [3.8, 4) is 0 Å². The van der Waals surface area contributed by atoms with E-state index in [1.165, 1.54) is 18.7 Å². The summed E-state index contributed by atoms with van der Waals surface area (Å²) in [6, 6.07) is 2.49. The molecule has 1 aromatic heterocycles. The zero-order valence-corrected chi connectivity index (χ0v) is 13.8. The van der Waals surface area contributed by atoms with Crippen LogP contribution >= 0.6 is 43.2 Å². The van der Waals surface area contributed by atoms with Crippen LogP contribution in [-0.2, 0) is 0 Å². The molecule has 0 fully saturated rings. The SMILES string of the molecule is CCCNC(C=C(C)C)c1cc(Br)sc1Br. The van der Waals surface area contributed by atoms with Crippen LogP contribution in [0.25, 0.3) is 0 Å². The van der Waals surface area contributed by atoms with Crippen LogP contribution in [0.3, 0.4) is 0 Å². The highest BCUT2D eigenvalue weighted by Gasteiger charge is 2.14. The van der Waals surface area contributed by atoms with Crippen molar-refractivity contribution in [2.45, 2.75) is 33.2 Å². The second-order valence-electron chi connectivity index (χ2n) is 3.96. The van der Waals surface area contributed by atoms with Gasteiger partial charge >= 0.3 is 0 Å². The molecule has 1 nitrogen and oxygen atoms in total. The quantitative estimate of drug-likeness (QED) is 0.699. The van der Waals surface area contributed by atoms with E-state index in [2.05, 4.69) is 70.1 Å². The number of allylic oxidation sites excluding steroid dienone is 1. The fourth-order valence-electron chi connectivity index (χ4n) is 1.46. The van der Waals surface area contributed by atoms with Gasteiger partial charge in [0, 0.05) is 0 Å². The van der Waals surface area contributed by atoms with Crippen molar-refractivity contribution in [1.82, 2.24) is 5.32 Å². The third-order valence-corrected chi connectivity index (χ3v) is 4.52. The molecule has 0 saturated heterocycles. The molecular weight excluding hydrogens is 350 g/mol. The van der Waals surface area contributed by atoms with Crippen LogP contribution in [0.15, 0.2) is 25.3 Å². The minimum absolute atomic E-state index is 0.307. The van der Waals surface area contributed by atoms with E-state index in [4.69, 9.17) is 0 Å². The highest BCUT2D eigenvalue weighted by Crippen LogP contribution is 2.36. The summed E-state index contributed by atoms with van der Waals surface area (Å²) in [5, 5.41) is 3.55. The molecular formula is C12H17Br2NS. The number of thiophene rings is 1. The molecule has 4 heteroatoms. The monoisotopic (exact) mass is 365 g/mol. The Morgan fingerprint density at radius 1 is 1.50 bits per heavy atom. The van der Waals surface area contributed by atoms with Crippen molar-refractivity contribution in [3.05, 3.63) is 30.9 Å². The minimum Gasteiger partial charge on any atom is -0.307 e. The lowest BCUT2D eigenvalue weighted by molar-refractivity contribution is 0.610. The number of rotatable bonds is 5. The summed E-state index contributed by atoms with van der Waals surface area (Å²) in [6.45, 7) is 7.49. The van der Waals surface area contributed by atoms with E-state index in [-0.39, 0.29) is 0 Å². The number of hydrogen-bond donors (Lipinski definition) is 1. The lowest BCUT2D eigenvalue weighted by atomic mass is 10.1. The van der Waals surface area contributed by atoms with Crippen molar-refractivity contribution in [2.24, 2.45) is 0 Å². The maximum absolute atomic E-state index is 3.62. The molecule has 0 aliphatic heterocycles. The predicted octanol–water partition coefficient (Wildman–Crippen LogP) is 5.28. The molecule has 1 N–H and O–H groups in total. The molecule has 0 bridgehead atoms. The van der Waals surface area contributed by atoms with E-state index in [1.54, 1.807) is 11.3 Å². The third-order valence-electron chi connectivity index (χ3n) is 2.13. The Balaban J connectivity index is 2.91. The zero-order valence-electron chi connectivity index (χ0n) is 9.81. The van der Waals surface area contributed by atoms with Crippen LogP contribution in [0.1, 0.15) is 38.8 Å². The van der Waals surface area contributed by atoms with Crippen LogP contribution in [0, 0.1) is 0 Å². The van der Waals surface area contributed by atoms with Gasteiger partial charge in [0.05, 0.1) is 13.6 Å². The Bertz CT molecular complexity index is 367. The van der Waals surface area contributed by atoms with Gasteiger partial charge in [0.15, 0.2) is 0 Å². The van der Waals surface area contributed by atoms with Gasteiger partial charge in [0.1, 0.15) is 0 Å². The van der Waals surface area contributed by atoms with E-state index in [0.29, 0.717) is 6.04 Å². The summed E-state index contributed by atoms with van der Waals surface area (Å²) in [6.07, 6.45) is 3.42. The summed E-state index contributed by atoms with van der Waals surface area (Å²) in [4.78, 5) is 0. The van der Waals surface area contributed by atoms with Gasteiger partial charge in [-0.05, 0) is 70.3 Å². The molecule has 1 rings (SSSR count). The summed E-state index contributed by atoms with van der Waals surface area (Å²) in [5.74, 6) is 0. The van der Waals surface area contributed by atoms with E-state index in [1.807, 2.05) is 0 Å². The molecule has 0 saturated carbocycles. The molecule has 1 heterocycles. The Hall–Kier alpha value is 0.360. The van der Waals surface area contributed by atoms with Crippen LogP contribution in [0.5, 0.6) is 0 Å². The van der Waals surface area contributed by atoms with Gasteiger partial charge in [-0.1, -0.05) is 18.6 Å². The lowest BCUT2D eigenvalue weighted by Crippen LogP contribution is -2.20. The summed E-state index contributed by atoms with van der Waals surface area (Å²) < 4.78 is 2.37. The van der Waals surface area contributed by atoms with Crippen molar-refractivity contribution < 1.29 is 0 Å². The van der Waals surface area contributed by atoms with Gasteiger partial charge in [-0.2, -0.15) is 0 Å². The van der Waals surface area contributed by atoms with E-state index in [9.17, 15) is 0 Å². The normalized spacial score (nSPS) is 12.6. The molecule has 16 heavy (non-hydrogen) atoms. The largest absolute Gasteiger partial charge is 0.307 e. The van der Waals surface area contributed by atoms with Crippen molar-refractivity contribution in [3.63, 3.8) is 0 Å². The summed E-state index contributed by atoms with van der Waals surface area (Å²) >= 11 is 8.87. The first-order chi connectivity index (χ1) is 7.54. The van der Waals surface area contributed by atoms with Gasteiger partial charge < -0.3 is 5.32 Å². The molecule has 1 aromatic rings. The van der Waals surface area contributed by atoms with Gasteiger partial charge in [0.2, 0.25) is 0 Å². The molecule has 1 unspecified atom stereocenters. The van der Waals surface area contributed by atoms with Crippen LogP contribution in [0.2, 0.25) is 0 Å². The highest BCUT2D eigenvalue weighted by molar-refractivity contribution is 9.12. The van der Waals surface area contributed by atoms with Gasteiger partial charge in [0.25, 0.3) is 0 Å². The number of hydrogen-bond acceptors (Lipinski definition) is 2. The van der Waals surface area contributed by atoms with Gasteiger partial charge in [-0.15, -0.1) is 11.3 Å². The molecule has 0 aliphatic rings. The average Bonchev–Trinajstić information content (AvgIpc) is 2.52. The molecule has 90 valence electrons. The first kappa shape index (κ1) is 14.4. The number of nitrogens with one attached hydrogen (secondary N) is 1. The fourth-order valence-corrected chi connectivity index (χ4v) is 4.39. The van der Waals surface area contributed by atoms with Crippen molar-refractivity contribution in [2.75, 3.05) is 6.54 Å². The van der Waals surface area contributed by atoms with Crippen LogP contribution in [0.4, 0.5) is 0 Å². The van der Waals surface area contributed by atoms with E-state index in [0.717, 1.165) is 13.0 Å². The smallest absolute Gasteiger partial charge is 0.0761 e. The summed E-state index contributed by atoms with van der Waals surface area (Å²) in [7, 11) is 0. The molecule has 0 spiro atoms. The molecule has 0 aromatic carbocycles. The van der Waals surface area contributed by atoms with Crippen molar-refractivity contribution in [1.29, 1.82) is 0 Å². The Labute approximate surface area is 119 Å². The lowest BCUT2D eigenvalue weighted by Gasteiger charge is -2.15. The Morgan fingerprint density at radius 2 is 2.19 bits per heavy atom. The average molecular weight is 367 g/mol. The van der Waals surface area contributed by atoms with Gasteiger partial charge in [-0.25, -0.2) is 0 Å². The second kappa shape index (κ2) is 6.94. The maximum Gasteiger partial charge on any atom is 0.0761 e. The Morgan fingerprint density at radius 3 is 2.62 bits per heavy atom.